The largest absolute Gasteiger partial charge is 0.368 e. The second-order valence-electron chi connectivity index (χ2n) is 3.75. The van der Waals surface area contributed by atoms with Gasteiger partial charge in [-0.15, -0.1) is 11.3 Å². The Morgan fingerprint density at radius 2 is 2.50 bits per heavy atom. The van der Waals surface area contributed by atoms with Crippen molar-refractivity contribution in [2.75, 3.05) is 13.6 Å². The first-order valence-electron chi connectivity index (χ1n) is 5.23. The molecule has 78 valence electrons. The lowest BCUT2D eigenvalue weighted by Gasteiger charge is -2.29. The van der Waals surface area contributed by atoms with E-state index < -0.39 is 0 Å². The van der Waals surface area contributed by atoms with E-state index in [2.05, 4.69) is 22.8 Å². The van der Waals surface area contributed by atoms with E-state index in [0.29, 0.717) is 12.2 Å². The molecule has 0 radical (unpaired) electrons. The van der Waals surface area contributed by atoms with Crippen LogP contribution in [0.1, 0.15) is 30.2 Å². The van der Waals surface area contributed by atoms with Gasteiger partial charge in [-0.25, -0.2) is 0 Å². The molecule has 1 fully saturated rings. The van der Waals surface area contributed by atoms with Crippen molar-refractivity contribution in [2.24, 2.45) is 0 Å². The lowest BCUT2D eigenvalue weighted by Crippen LogP contribution is -2.31. The van der Waals surface area contributed by atoms with Crippen LogP contribution in [0.25, 0.3) is 0 Å². The van der Waals surface area contributed by atoms with E-state index in [-0.39, 0.29) is 0 Å². The van der Waals surface area contributed by atoms with E-state index in [1.54, 1.807) is 11.3 Å². The van der Waals surface area contributed by atoms with Gasteiger partial charge in [-0.05, 0) is 37.8 Å². The molecule has 0 aromatic carbocycles. The molecule has 3 heteroatoms. The molecule has 2 unspecified atom stereocenters. The molecule has 2 heterocycles. The van der Waals surface area contributed by atoms with Gasteiger partial charge in [0.2, 0.25) is 0 Å². The summed E-state index contributed by atoms with van der Waals surface area (Å²) >= 11 is 1.80. The number of thiophene rings is 1. The van der Waals surface area contributed by atoms with Crippen molar-refractivity contribution >= 4 is 11.3 Å². The Morgan fingerprint density at radius 3 is 3.21 bits per heavy atom. The van der Waals surface area contributed by atoms with E-state index in [4.69, 9.17) is 4.74 Å². The van der Waals surface area contributed by atoms with Crippen LogP contribution in [0.4, 0.5) is 0 Å². The zero-order chi connectivity index (χ0) is 9.80. The molecular formula is C11H17NOS. The Kier molecular flexibility index (Phi) is 3.56. The molecule has 1 saturated heterocycles. The summed E-state index contributed by atoms with van der Waals surface area (Å²) in [6.45, 7) is 0.974. The maximum atomic E-state index is 6.02. The topological polar surface area (TPSA) is 21.3 Å². The predicted octanol–water partition coefficient (Wildman–Crippen LogP) is 2.58. The van der Waals surface area contributed by atoms with Crippen molar-refractivity contribution in [2.45, 2.75) is 31.5 Å². The van der Waals surface area contributed by atoms with Gasteiger partial charge in [0.15, 0.2) is 0 Å². The number of likely N-dealkylation sites (N-methyl/N-ethyl adjacent to an activating group) is 1. The molecule has 0 spiro atoms. The first-order valence-corrected chi connectivity index (χ1v) is 6.11. The molecule has 1 N–H and O–H groups in total. The molecule has 2 atom stereocenters. The molecule has 0 bridgehead atoms. The summed E-state index contributed by atoms with van der Waals surface area (Å²) in [6, 6.07) is 4.28. The number of ether oxygens (including phenoxy) is 1. The Balaban J connectivity index is 1.94. The van der Waals surface area contributed by atoms with Crippen LogP contribution in [-0.2, 0) is 4.74 Å². The second kappa shape index (κ2) is 4.91. The fourth-order valence-electron chi connectivity index (χ4n) is 1.96. The Morgan fingerprint density at radius 1 is 1.57 bits per heavy atom. The second-order valence-corrected chi connectivity index (χ2v) is 4.73. The summed E-state index contributed by atoms with van der Waals surface area (Å²) in [4.78, 5) is 1.38. The van der Waals surface area contributed by atoms with Crippen LogP contribution in [-0.4, -0.2) is 19.7 Å². The fourth-order valence-corrected chi connectivity index (χ4v) is 2.76. The van der Waals surface area contributed by atoms with Gasteiger partial charge < -0.3 is 10.1 Å². The number of nitrogens with one attached hydrogen (secondary N) is 1. The Bertz CT molecular complexity index is 258. The molecule has 0 amide bonds. The van der Waals surface area contributed by atoms with Crippen LogP contribution in [0.5, 0.6) is 0 Å². The Hall–Kier alpha value is -0.380. The highest BCUT2D eigenvalue weighted by Gasteiger charge is 2.23. The minimum Gasteiger partial charge on any atom is -0.368 e. The fraction of sp³-hybridized carbons (Fsp3) is 0.636. The highest BCUT2D eigenvalue weighted by atomic mass is 32.1. The molecule has 14 heavy (non-hydrogen) atoms. The van der Waals surface area contributed by atoms with Crippen LogP contribution < -0.4 is 5.32 Å². The van der Waals surface area contributed by atoms with Crippen LogP contribution in [0, 0.1) is 0 Å². The molecule has 0 saturated carbocycles. The third kappa shape index (κ3) is 2.35. The highest BCUT2D eigenvalue weighted by molar-refractivity contribution is 7.10. The van der Waals surface area contributed by atoms with Gasteiger partial charge >= 0.3 is 0 Å². The van der Waals surface area contributed by atoms with Crippen LogP contribution in [0.15, 0.2) is 17.5 Å². The lowest BCUT2D eigenvalue weighted by molar-refractivity contribution is -0.0474. The van der Waals surface area contributed by atoms with Crippen molar-refractivity contribution in [3.05, 3.63) is 22.4 Å². The van der Waals surface area contributed by atoms with Crippen molar-refractivity contribution in [3.8, 4) is 0 Å². The number of rotatable bonds is 3. The quantitative estimate of drug-likeness (QED) is 0.829. The molecule has 2 nitrogen and oxygen atoms in total. The minimum absolute atomic E-state index is 0.349. The summed E-state index contributed by atoms with van der Waals surface area (Å²) < 4.78 is 6.02. The molecular weight excluding hydrogens is 194 g/mol. The normalized spacial score (nSPS) is 27.8. The van der Waals surface area contributed by atoms with Crippen LogP contribution in [0.2, 0.25) is 0 Å². The first-order chi connectivity index (χ1) is 6.90. The zero-order valence-electron chi connectivity index (χ0n) is 8.53. The van der Waals surface area contributed by atoms with E-state index >= 15 is 0 Å². The van der Waals surface area contributed by atoms with Gasteiger partial charge in [0.25, 0.3) is 0 Å². The summed E-state index contributed by atoms with van der Waals surface area (Å²) in [5.74, 6) is 0. The predicted molar refractivity (Wildman–Crippen MR) is 59.7 cm³/mol. The summed E-state index contributed by atoms with van der Waals surface area (Å²) in [6.07, 6.45) is 4.42. The molecule has 2 rings (SSSR count). The number of hydrogen-bond acceptors (Lipinski definition) is 3. The third-order valence-corrected chi connectivity index (χ3v) is 3.61. The van der Waals surface area contributed by atoms with E-state index in [9.17, 15) is 0 Å². The van der Waals surface area contributed by atoms with Crippen molar-refractivity contribution in [3.63, 3.8) is 0 Å². The molecule has 1 aromatic rings. The van der Waals surface area contributed by atoms with Crippen molar-refractivity contribution in [1.82, 2.24) is 5.32 Å². The maximum absolute atomic E-state index is 6.02. The Labute approximate surface area is 89.3 Å². The van der Waals surface area contributed by atoms with Gasteiger partial charge in [-0.1, -0.05) is 6.07 Å². The minimum atomic E-state index is 0.349. The van der Waals surface area contributed by atoms with Gasteiger partial charge in [-0.3, -0.25) is 0 Å². The SMILES string of the molecule is CNCC1CCCC(c2cccs2)O1. The monoisotopic (exact) mass is 211 g/mol. The first kappa shape index (κ1) is 10.1. The molecule has 1 aliphatic heterocycles. The van der Waals surface area contributed by atoms with Gasteiger partial charge in [0, 0.05) is 11.4 Å². The summed E-state index contributed by atoms with van der Waals surface area (Å²) in [5.41, 5.74) is 0. The van der Waals surface area contributed by atoms with Crippen molar-refractivity contribution in [1.29, 1.82) is 0 Å². The summed E-state index contributed by atoms with van der Waals surface area (Å²) in [7, 11) is 1.98. The summed E-state index contributed by atoms with van der Waals surface area (Å²) in [5, 5.41) is 5.31. The molecule has 1 aromatic heterocycles. The van der Waals surface area contributed by atoms with Gasteiger partial charge in [0.1, 0.15) is 0 Å². The van der Waals surface area contributed by atoms with Crippen LogP contribution in [0.3, 0.4) is 0 Å². The van der Waals surface area contributed by atoms with E-state index in [0.717, 1.165) is 6.54 Å². The number of hydrogen-bond donors (Lipinski definition) is 1. The highest BCUT2D eigenvalue weighted by Crippen LogP contribution is 2.33. The average Bonchev–Trinajstić information content (AvgIpc) is 2.71. The van der Waals surface area contributed by atoms with Crippen LogP contribution >= 0.6 is 11.3 Å². The van der Waals surface area contributed by atoms with E-state index in [1.807, 2.05) is 7.05 Å². The van der Waals surface area contributed by atoms with E-state index in [1.165, 1.54) is 24.1 Å². The van der Waals surface area contributed by atoms with Crippen molar-refractivity contribution < 1.29 is 4.74 Å². The standard InChI is InChI=1S/C11H17NOS/c1-12-8-9-4-2-5-10(13-9)11-6-3-7-14-11/h3,6-7,9-10,12H,2,4-5,8H2,1H3. The smallest absolute Gasteiger partial charge is 0.0921 e. The average molecular weight is 211 g/mol. The van der Waals surface area contributed by atoms with Gasteiger partial charge in [-0.2, -0.15) is 0 Å². The maximum Gasteiger partial charge on any atom is 0.0921 e. The zero-order valence-corrected chi connectivity index (χ0v) is 9.35. The third-order valence-electron chi connectivity index (χ3n) is 2.64. The molecule has 0 aliphatic carbocycles. The lowest BCUT2D eigenvalue weighted by atomic mass is 10.0. The van der Waals surface area contributed by atoms with Gasteiger partial charge in [0.05, 0.1) is 12.2 Å². The molecule has 1 aliphatic rings.